The lowest BCUT2D eigenvalue weighted by atomic mass is 10.1. The molecule has 1 aromatic rings. The first-order valence-electron chi connectivity index (χ1n) is 8.21. The molecule has 1 aliphatic heterocycles. The molecule has 11 heteroatoms. The molecule has 1 aromatic heterocycles. The van der Waals surface area contributed by atoms with Gasteiger partial charge in [-0.2, -0.15) is 0 Å². The van der Waals surface area contributed by atoms with Gasteiger partial charge in [-0.15, -0.1) is 0 Å². The van der Waals surface area contributed by atoms with E-state index in [1.165, 1.54) is 17.7 Å². The highest BCUT2D eigenvalue weighted by Crippen LogP contribution is 2.29. The molecule has 2 heterocycles. The van der Waals surface area contributed by atoms with Gasteiger partial charge in [-0.05, 0) is 18.9 Å². The zero-order valence-electron chi connectivity index (χ0n) is 14.6. The molecule has 0 radical (unpaired) electrons. The van der Waals surface area contributed by atoms with E-state index >= 15 is 0 Å². The molecular weight excluding hydrogens is 346 g/mol. The standard InChI is InChI=1S/C15H21N5O6/c1-3-4-13(22)25-8-20-14(23)9(2)6-19(15(20)24)12-5-10(17-18-16)11(7-21)26-12/h6,10-12,21H,3-5,7-8H2,1-2H3/t10?,11-,12-/m1/s1. The summed E-state index contributed by atoms with van der Waals surface area (Å²) in [4.78, 5) is 39.1. The number of carbonyl (C=O) groups is 1. The van der Waals surface area contributed by atoms with Crippen molar-refractivity contribution in [3.63, 3.8) is 0 Å². The SMILES string of the molecule is CCCC(=O)OCn1c(=O)c(C)cn([C@H]2CC(N=[N+]=[N-])[C@@H](CO)O2)c1=O. The Labute approximate surface area is 148 Å². The second-order valence-electron chi connectivity index (χ2n) is 5.95. The van der Waals surface area contributed by atoms with Gasteiger partial charge >= 0.3 is 11.7 Å². The summed E-state index contributed by atoms with van der Waals surface area (Å²) in [5.41, 5.74) is 7.57. The van der Waals surface area contributed by atoms with Gasteiger partial charge in [0.25, 0.3) is 5.56 Å². The van der Waals surface area contributed by atoms with Gasteiger partial charge in [0.1, 0.15) is 6.23 Å². The molecule has 26 heavy (non-hydrogen) atoms. The number of aliphatic hydroxyl groups is 1. The van der Waals surface area contributed by atoms with E-state index in [1.807, 2.05) is 6.92 Å². The average molecular weight is 367 g/mol. The maximum Gasteiger partial charge on any atom is 0.335 e. The van der Waals surface area contributed by atoms with Crippen LogP contribution >= 0.6 is 0 Å². The molecule has 11 nitrogen and oxygen atoms in total. The van der Waals surface area contributed by atoms with Crippen molar-refractivity contribution in [2.75, 3.05) is 6.61 Å². The van der Waals surface area contributed by atoms with E-state index < -0.39 is 42.3 Å². The van der Waals surface area contributed by atoms with Gasteiger partial charge in [0.15, 0.2) is 6.73 Å². The van der Waals surface area contributed by atoms with E-state index in [4.69, 9.17) is 15.0 Å². The molecule has 0 aromatic carbocycles. The summed E-state index contributed by atoms with van der Waals surface area (Å²) < 4.78 is 12.5. The Morgan fingerprint density at radius 2 is 2.27 bits per heavy atom. The number of nitrogens with zero attached hydrogens (tertiary/aromatic N) is 5. The first kappa shape index (κ1) is 19.7. The third-order valence-electron chi connectivity index (χ3n) is 4.07. The predicted molar refractivity (Wildman–Crippen MR) is 89.2 cm³/mol. The molecule has 3 atom stereocenters. The quantitative estimate of drug-likeness (QED) is 0.322. The average Bonchev–Trinajstić information content (AvgIpc) is 3.01. The fraction of sp³-hybridized carbons (Fsp3) is 0.667. The van der Waals surface area contributed by atoms with E-state index in [2.05, 4.69) is 10.0 Å². The summed E-state index contributed by atoms with van der Waals surface area (Å²) in [6.07, 6.45) is 0.727. The summed E-state index contributed by atoms with van der Waals surface area (Å²) in [5, 5.41) is 12.9. The van der Waals surface area contributed by atoms with Crippen LogP contribution in [0.3, 0.4) is 0 Å². The number of azide groups is 1. The molecule has 142 valence electrons. The van der Waals surface area contributed by atoms with Crippen LogP contribution in [-0.2, 0) is 21.0 Å². The maximum absolute atomic E-state index is 12.6. The normalized spacial score (nSPS) is 22.0. The van der Waals surface area contributed by atoms with Crippen molar-refractivity contribution in [3.8, 4) is 0 Å². The fourth-order valence-corrected chi connectivity index (χ4v) is 2.73. The van der Waals surface area contributed by atoms with Crippen LogP contribution in [0.5, 0.6) is 0 Å². The maximum atomic E-state index is 12.6. The highest BCUT2D eigenvalue weighted by Gasteiger charge is 2.36. The zero-order valence-corrected chi connectivity index (χ0v) is 14.6. The topological polar surface area (TPSA) is 149 Å². The third kappa shape index (κ3) is 4.13. The van der Waals surface area contributed by atoms with Crippen LogP contribution in [0.15, 0.2) is 20.9 Å². The molecular formula is C15H21N5O6. The lowest BCUT2D eigenvalue weighted by molar-refractivity contribution is -0.147. The highest BCUT2D eigenvalue weighted by molar-refractivity contribution is 5.68. The number of hydrogen-bond donors (Lipinski definition) is 1. The number of hydrogen-bond acceptors (Lipinski definition) is 7. The Morgan fingerprint density at radius 1 is 1.54 bits per heavy atom. The lowest BCUT2D eigenvalue weighted by Gasteiger charge is -2.17. The minimum atomic E-state index is -0.813. The van der Waals surface area contributed by atoms with Crippen molar-refractivity contribution in [2.45, 2.75) is 58.2 Å². The number of aromatic nitrogens is 2. The Bertz CT molecular complexity index is 825. The van der Waals surface area contributed by atoms with E-state index in [1.54, 1.807) is 0 Å². The second-order valence-corrected chi connectivity index (χ2v) is 5.95. The molecule has 1 unspecified atom stereocenters. The van der Waals surface area contributed by atoms with Crippen molar-refractivity contribution in [1.82, 2.24) is 9.13 Å². The summed E-state index contributed by atoms with van der Waals surface area (Å²) in [6.45, 7) is 2.46. The first-order chi connectivity index (χ1) is 12.4. The number of ether oxygens (including phenoxy) is 2. The lowest BCUT2D eigenvalue weighted by Crippen LogP contribution is -2.43. The van der Waals surface area contributed by atoms with Crippen LogP contribution in [0.25, 0.3) is 10.4 Å². The largest absolute Gasteiger partial charge is 0.444 e. The van der Waals surface area contributed by atoms with Gasteiger partial charge in [0.05, 0.1) is 18.8 Å². The molecule has 0 amide bonds. The van der Waals surface area contributed by atoms with E-state index in [-0.39, 0.29) is 25.0 Å². The van der Waals surface area contributed by atoms with Crippen LogP contribution in [0.1, 0.15) is 38.0 Å². The highest BCUT2D eigenvalue weighted by atomic mass is 16.5. The summed E-state index contributed by atoms with van der Waals surface area (Å²) in [6, 6.07) is -0.634. The molecule has 1 N–H and O–H groups in total. The van der Waals surface area contributed by atoms with Crippen LogP contribution in [0, 0.1) is 6.92 Å². The molecule has 1 aliphatic rings. The number of esters is 1. The molecule has 0 saturated carbocycles. The van der Waals surface area contributed by atoms with Crippen LogP contribution in [-0.4, -0.2) is 39.0 Å². The number of rotatable bonds is 7. The van der Waals surface area contributed by atoms with Crippen molar-refractivity contribution >= 4 is 5.97 Å². The van der Waals surface area contributed by atoms with Crippen LogP contribution in [0.2, 0.25) is 0 Å². The van der Waals surface area contributed by atoms with Crippen LogP contribution in [0.4, 0.5) is 0 Å². The van der Waals surface area contributed by atoms with Gasteiger partial charge in [0, 0.05) is 29.5 Å². The number of aryl methyl sites for hydroxylation is 1. The second kappa shape index (κ2) is 8.65. The molecule has 0 spiro atoms. The van der Waals surface area contributed by atoms with Crippen LogP contribution < -0.4 is 11.2 Å². The Kier molecular flexibility index (Phi) is 6.56. The zero-order chi connectivity index (χ0) is 19.3. The minimum absolute atomic E-state index is 0.169. The summed E-state index contributed by atoms with van der Waals surface area (Å²) in [7, 11) is 0. The molecule has 1 saturated heterocycles. The minimum Gasteiger partial charge on any atom is -0.444 e. The fourth-order valence-electron chi connectivity index (χ4n) is 2.73. The van der Waals surface area contributed by atoms with Crippen molar-refractivity contribution < 1.29 is 19.4 Å². The smallest absolute Gasteiger partial charge is 0.335 e. The first-order valence-corrected chi connectivity index (χ1v) is 8.21. The molecule has 2 rings (SSSR count). The molecule has 0 aliphatic carbocycles. The Balaban J connectivity index is 2.33. The van der Waals surface area contributed by atoms with Gasteiger partial charge in [0.2, 0.25) is 0 Å². The van der Waals surface area contributed by atoms with Gasteiger partial charge in [-0.3, -0.25) is 14.2 Å². The Hall–Kier alpha value is -2.62. The van der Waals surface area contributed by atoms with Gasteiger partial charge in [-0.25, -0.2) is 9.36 Å². The number of aliphatic hydroxyl groups excluding tert-OH is 1. The molecule has 0 bridgehead atoms. The van der Waals surface area contributed by atoms with E-state index in [0.717, 1.165) is 4.57 Å². The van der Waals surface area contributed by atoms with Gasteiger partial charge < -0.3 is 14.6 Å². The predicted octanol–water partition coefficient (Wildman–Crippen LogP) is 0.578. The van der Waals surface area contributed by atoms with Crippen molar-refractivity contribution in [2.24, 2.45) is 5.11 Å². The Morgan fingerprint density at radius 3 is 2.88 bits per heavy atom. The third-order valence-corrected chi connectivity index (χ3v) is 4.07. The van der Waals surface area contributed by atoms with E-state index in [9.17, 15) is 19.5 Å². The number of carbonyl (C=O) groups excluding carboxylic acids is 1. The van der Waals surface area contributed by atoms with Crippen molar-refractivity contribution in [1.29, 1.82) is 0 Å². The molecule has 1 fully saturated rings. The van der Waals surface area contributed by atoms with Crippen molar-refractivity contribution in [3.05, 3.63) is 43.0 Å². The monoisotopic (exact) mass is 367 g/mol. The summed E-state index contributed by atoms with van der Waals surface area (Å²) in [5.74, 6) is -0.507. The summed E-state index contributed by atoms with van der Waals surface area (Å²) >= 11 is 0. The van der Waals surface area contributed by atoms with Gasteiger partial charge in [-0.1, -0.05) is 12.0 Å². The van der Waals surface area contributed by atoms with E-state index in [0.29, 0.717) is 6.42 Å².